The maximum Gasteiger partial charge on any atom is 0.0260 e. The Balaban J connectivity index is 2.28. The Bertz CT molecular complexity index is 105. The van der Waals surface area contributed by atoms with Crippen LogP contribution in [0.25, 0.3) is 0 Å². The number of halogens is 1. The van der Waals surface area contributed by atoms with Crippen LogP contribution in [0.4, 0.5) is 0 Å². The summed E-state index contributed by atoms with van der Waals surface area (Å²) in [6.07, 6.45) is 8.81. The van der Waals surface area contributed by atoms with Crippen molar-refractivity contribution >= 4 is 11.6 Å². The van der Waals surface area contributed by atoms with Crippen molar-refractivity contribution in [3.05, 3.63) is 11.6 Å². The van der Waals surface area contributed by atoms with Crippen molar-refractivity contribution in [1.82, 2.24) is 0 Å². The third-order valence-corrected chi connectivity index (χ3v) is 1.99. The molecular formula is C8H13Cl. The van der Waals surface area contributed by atoms with E-state index < -0.39 is 0 Å². The van der Waals surface area contributed by atoms with Crippen LogP contribution >= 0.6 is 11.6 Å². The van der Waals surface area contributed by atoms with Crippen LogP contribution in [-0.2, 0) is 0 Å². The minimum Gasteiger partial charge on any atom is -0.126 e. The zero-order valence-electron chi connectivity index (χ0n) is 5.70. The molecule has 0 saturated heterocycles. The molecule has 9 heavy (non-hydrogen) atoms. The molecule has 0 unspecified atom stereocenters. The summed E-state index contributed by atoms with van der Waals surface area (Å²) in [6.45, 7) is 0. The fourth-order valence-corrected chi connectivity index (χ4v) is 1.50. The first-order valence-electron chi connectivity index (χ1n) is 3.67. The van der Waals surface area contributed by atoms with E-state index in [1.165, 1.54) is 25.7 Å². The van der Waals surface area contributed by atoms with Gasteiger partial charge >= 0.3 is 0 Å². The maximum absolute atomic E-state index is 5.59. The third-order valence-electron chi connectivity index (χ3n) is 1.80. The topological polar surface area (TPSA) is 0 Å². The van der Waals surface area contributed by atoms with Crippen molar-refractivity contribution in [3.8, 4) is 0 Å². The Morgan fingerprint density at radius 1 is 1.44 bits per heavy atom. The molecule has 52 valence electrons. The second-order valence-corrected chi connectivity index (χ2v) is 2.93. The monoisotopic (exact) mass is 144 g/mol. The van der Waals surface area contributed by atoms with Crippen LogP contribution in [-0.4, -0.2) is 5.88 Å². The molecule has 0 aromatic rings. The lowest BCUT2D eigenvalue weighted by Gasteiger charge is -2.09. The number of rotatable bonds is 2. The van der Waals surface area contributed by atoms with E-state index in [2.05, 4.69) is 6.08 Å². The molecule has 0 aromatic carbocycles. The molecular weight excluding hydrogens is 132 g/mol. The lowest BCUT2D eigenvalue weighted by Crippen LogP contribution is -1.91. The van der Waals surface area contributed by atoms with Crippen LogP contribution in [0.15, 0.2) is 11.6 Å². The molecule has 0 spiro atoms. The second-order valence-electron chi connectivity index (χ2n) is 2.55. The van der Waals surface area contributed by atoms with Crippen molar-refractivity contribution < 1.29 is 0 Å². The summed E-state index contributed by atoms with van der Waals surface area (Å²) in [4.78, 5) is 0. The zero-order chi connectivity index (χ0) is 6.53. The van der Waals surface area contributed by atoms with E-state index in [-0.39, 0.29) is 0 Å². The molecule has 0 aromatic heterocycles. The molecule has 0 amide bonds. The van der Waals surface area contributed by atoms with Gasteiger partial charge in [0.25, 0.3) is 0 Å². The smallest absolute Gasteiger partial charge is 0.0260 e. The van der Waals surface area contributed by atoms with E-state index in [0.29, 0.717) is 0 Å². The van der Waals surface area contributed by atoms with Gasteiger partial charge in [0.2, 0.25) is 0 Å². The highest BCUT2D eigenvalue weighted by Crippen LogP contribution is 2.19. The fourth-order valence-electron chi connectivity index (χ4n) is 1.25. The molecule has 0 saturated carbocycles. The Morgan fingerprint density at radius 2 is 2.33 bits per heavy atom. The number of hydrogen-bond donors (Lipinski definition) is 0. The van der Waals surface area contributed by atoms with E-state index in [1.54, 1.807) is 5.57 Å². The van der Waals surface area contributed by atoms with Crippen LogP contribution in [0.2, 0.25) is 0 Å². The summed E-state index contributed by atoms with van der Waals surface area (Å²) in [5.74, 6) is 0.797. The highest BCUT2D eigenvalue weighted by molar-refractivity contribution is 6.17. The van der Waals surface area contributed by atoms with Gasteiger partial charge in [-0.05, 0) is 32.1 Å². The summed E-state index contributed by atoms with van der Waals surface area (Å²) in [6, 6.07) is 0. The van der Waals surface area contributed by atoms with Gasteiger partial charge in [0.15, 0.2) is 0 Å². The molecule has 1 rings (SSSR count). The number of alkyl halides is 1. The molecule has 0 aliphatic heterocycles. The average molecular weight is 145 g/mol. The molecule has 1 aliphatic carbocycles. The summed E-state index contributed by atoms with van der Waals surface area (Å²) in [5, 5.41) is 0. The molecule has 0 N–H and O–H groups in total. The van der Waals surface area contributed by atoms with Crippen LogP contribution in [0.3, 0.4) is 0 Å². The van der Waals surface area contributed by atoms with Gasteiger partial charge in [0.05, 0.1) is 0 Å². The van der Waals surface area contributed by atoms with E-state index in [0.717, 1.165) is 12.3 Å². The van der Waals surface area contributed by atoms with Crippen molar-refractivity contribution in [1.29, 1.82) is 0 Å². The SMILES string of the molecule is ClCCC1=CCCCC1. The second kappa shape index (κ2) is 3.94. The van der Waals surface area contributed by atoms with Crippen molar-refractivity contribution in [2.45, 2.75) is 32.1 Å². The predicted octanol–water partition coefficient (Wildman–Crippen LogP) is 3.12. The van der Waals surface area contributed by atoms with Crippen molar-refractivity contribution in [2.24, 2.45) is 0 Å². The van der Waals surface area contributed by atoms with Crippen LogP contribution < -0.4 is 0 Å². The van der Waals surface area contributed by atoms with E-state index >= 15 is 0 Å². The highest BCUT2D eigenvalue weighted by atomic mass is 35.5. The molecule has 0 heterocycles. The van der Waals surface area contributed by atoms with Crippen molar-refractivity contribution in [2.75, 3.05) is 5.88 Å². The first kappa shape index (κ1) is 7.14. The Labute approximate surface area is 61.9 Å². The largest absolute Gasteiger partial charge is 0.126 e. The number of allylic oxidation sites excluding steroid dienone is 2. The van der Waals surface area contributed by atoms with Crippen LogP contribution in [0.1, 0.15) is 32.1 Å². The van der Waals surface area contributed by atoms with Gasteiger partial charge in [-0.25, -0.2) is 0 Å². The van der Waals surface area contributed by atoms with Crippen LogP contribution in [0.5, 0.6) is 0 Å². The molecule has 0 atom stereocenters. The standard InChI is InChI=1S/C8H13Cl/c9-7-6-8-4-2-1-3-5-8/h4H,1-3,5-7H2. The summed E-state index contributed by atoms with van der Waals surface area (Å²) >= 11 is 5.59. The average Bonchev–Trinajstić information content (AvgIpc) is 1.91. The molecule has 1 heteroatoms. The van der Waals surface area contributed by atoms with E-state index in [1.807, 2.05) is 0 Å². The quantitative estimate of drug-likeness (QED) is 0.413. The zero-order valence-corrected chi connectivity index (χ0v) is 6.45. The molecule has 0 radical (unpaired) electrons. The fraction of sp³-hybridized carbons (Fsp3) is 0.750. The van der Waals surface area contributed by atoms with Crippen molar-refractivity contribution in [3.63, 3.8) is 0 Å². The summed E-state index contributed by atoms with van der Waals surface area (Å²) in [7, 11) is 0. The third kappa shape index (κ3) is 2.40. The normalized spacial score (nSPS) is 19.4. The first-order chi connectivity index (χ1) is 4.43. The summed E-state index contributed by atoms with van der Waals surface area (Å²) < 4.78 is 0. The molecule has 1 aliphatic rings. The van der Waals surface area contributed by atoms with Gasteiger partial charge in [-0.3, -0.25) is 0 Å². The van der Waals surface area contributed by atoms with E-state index in [4.69, 9.17) is 11.6 Å². The maximum atomic E-state index is 5.59. The van der Waals surface area contributed by atoms with Crippen LogP contribution in [0, 0.1) is 0 Å². The van der Waals surface area contributed by atoms with Gasteiger partial charge in [0.1, 0.15) is 0 Å². The minimum atomic E-state index is 0.797. The van der Waals surface area contributed by atoms with Gasteiger partial charge in [-0.15, -0.1) is 11.6 Å². The van der Waals surface area contributed by atoms with Gasteiger partial charge in [0, 0.05) is 5.88 Å². The summed E-state index contributed by atoms with van der Waals surface area (Å²) in [5.41, 5.74) is 1.58. The Kier molecular flexibility index (Phi) is 3.13. The lowest BCUT2D eigenvalue weighted by atomic mass is 9.98. The number of hydrogen-bond acceptors (Lipinski definition) is 0. The highest BCUT2D eigenvalue weighted by Gasteiger charge is 2.01. The predicted molar refractivity (Wildman–Crippen MR) is 41.9 cm³/mol. The Morgan fingerprint density at radius 3 is 2.89 bits per heavy atom. The molecule has 0 nitrogen and oxygen atoms in total. The lowest BCUT2D eigenvalue weighted by molar-refractivity contribution is 0.685. The molecule has 0 bridgehead atoms. The first-order valence-corrected chi connectivity index (χ1v) is 4.21. The van der Waals surface area contributed by atoms with E-state index in [9.17, 15) is 0 Å². The minimum absolute atomic E-state index is 0.797. The van der Waals surface area contributed by atoms with Gasteiger partial charge in [-0.1, -0.05) is 11.6 Å². The van der Waals surface area contributed by atoms with Gasteiger partial charge in [-0.2, -0.15) is 0 Å². The molecule has 0 fully saturated rings. The Hall–Kier alpha value is 0.0300. The van der Waals surface area contributed by atoms with Gasteiger partial charge < -0.3 is 0 Å².